The number of aliphatic hydroxyl groups excluding tert-OH is 2. The molecule has 0 bridgehead atoms. The first kappa shape index (κ1) is 108. The minimum absolute atomic E-state index is 0.0848. The fourth-order valence-corrected chi connectivity index (χ4v) is 13.8. The first-order valence-electron chi connectivity index (χ1n) is 45.1. The van der Waals surface area contributed by atoms with Crippen molar-refractivity contribution < 1.29 is 75.8 Å². The van der Waals surface area contributed by atoms with Crippen LogP contribution in [0.15, 0.2) is 146 Å². The van der Waals surface area contributed by atoms with Crippen LogP contribution in [0.1, 0.15) is 380 Å². The monoisotopic (exact) mass is 1620 g/mol. The number of aliphatic hydroxyl groups is 2. The van der Waals surface area contributed by atoms with Crippen LogP contribution in [0, 0.1) is 0 Å². The maximum atomic E-state index is 13.0. The van der Waals surface area contributed by atoms with Crippen molar-refractivity contribution in [1.29, 1.82) is 0 Å². The quantitative estimate of drug-likeness (QED) is 0.0146. The number of allylic oxidation sites excluding steroid dienone is 24. The Morgan fingerprint density at radius 2 is 0.469 bits per heavy atom. The van der Waals surface area contributed by atoms with Crippen molar-refractivity contribution in [2.24, 2.45) is 0 Å². The number of phosphoric ester groups is 2. The second kappa shape index (κ2) is 86.8. The van der Waals surface area contributed by atoms with Crippen molar-refractivity contribution in [3.8, 4) is 0 Å². The van der Waals surface area contributed by atoms with Crippen molar-refractivity contribution in [3.05, 3.63) is 146 Å². The summed E-state index contributed by atoms with van der Waals surface area (Å²) in [5.74, 6) is -1.59. The van der Waals surface area contributed by atoms with E-state index in [9.17, 15) is 43.5 Å². The summed E-state index contributed by atoms with van der Waals surface area (Å²) >= 11 is 0. The normalized spacial score (nSPS) is 14.5. The molecule has 18 heteroatoms. The molecule has 16 nitrogen and oxygen atoms in total. The molecule has 5 atom stereocenters. The van der Waals surface area contributed by atoms with Crippen molar-refractivity contribution in [2.75, 3.05) is 39.6 Å². The molecule has 0 aliphatic rings. The summed E-state index contributed by atoms with van der Waals surface area (Å²) in [4.78, 5) is 58.9. The molecule has 0 aromatic rings. The van der Waals surface area contributed by atoms with Crippen molar-refractivity contribution in [1.82, 2.24) is 0 Å². The number of hydrogen-bond donors (Lipinski definition) is 4. The zero-order valence-corrected chi connectivity index (χ0v) is 73.3. The van der Waals surface area contributed by atoms with Gasteiger partial charge in [-0.15, -0.1) is 0 Å². The number of phosphoric acid groups is 2. The van der Waals surface area contributed by atoms with E-state index >= 15 is 0 Å². The Hall–Kier alpha value is -4.57. The minimum Gasteiger partial charge on any atom is -0.463 e. The SMILES string of the molecule is CC/C=C\C/C=C\C/C=C\C/C=C\CCCCCCCCC(=O)OC(COC(=O)CCCCCCCCCCCCC/C=C\C/C=C\C/C=C\C/C=C\CCCCC)COP(=O)(O)OCC(O)COP(=O)(O)OCC(O)COC(=O)CCCCCCCCCCCCCCCCC/C=C\C/C=C\C/C=C\C/C=C\CCCCC. The molecule has 0 heterocycles. The van der Waals surface area contributed by atoms with E-state index in [2.05, 4.69) is 167 Å². The molecule has 4 N–H and O–H groups in total. The lowest BCUT2D eigenvalue weighted by molar-refractivity contribution is -0.161. The molecule has 650 valence electrons. The lowest BCUT2D eigenvalue weighted by atomic mass is 10.0. The summed E-state index contributed by atoms with van der Waals surface area (Å²) in [6.45, 7) is 2.54. The zero-order chi connectivity index (χ0) is 82.2. The number of ether oxygens (including phenoxy) is 3. The minimum atomic E-state index is -4.95. The van der Waals surface area contributed by atoms with Crippen molar-refractivity contribution in [3.63, 3.8) is 0 Å². The number of esters is 3. The Morgan fingerprint density at radius 1 is 0.257 bits per heavy atom. The predicted octanol–water partition coefficient (Wildman–Crippen LogP) is 27.6. The van der Waals surface area contributed by atoms with Gasteiger partial charge in [-0.1, -0.05) is 359 Å². The summed E-state index contributed by atoms with van der Waals surface area (Å²) < 4.78 is 61.4. The number of hydrogen-bond acceptors (Lipinski definition) is 14. The van der Waals surface area contributed by atoms with Crippen LogP contribution in [-0.4, -0.2) is 95.9 Å². The maximum absolute atomic E-state index is 13.0. The summed E-state index contributed by atoms with van der Waals surface area (Å²) in [5.41, 5.74) is 0. The van der Waals surface area contributed by atoms with Gasteiger partial charge < -0.3 is 34.2 Å². The van der Waals surface area contributed by atoms with Gasteiger partial charge in [-0.3, -0.25) is 32.5 Å². The molecule has 0 spiro atoms. The highest BCUT2D eigenvalue weighted by molar-refractivity contribution is 7.47. The molecule has 0 fully saturated rings. The fourth-order valence-electron chi connectivity index (χ4n) is 12.2. The van der Waals surface area contributed by atoms with Crippen LogP contribution >= 0.6 is 15.6 Å². The first-order chi connectivity index (χ1) is 55.2. The third-order valence-electron chi connectivity index (χ3n) is 19.0. The van der Waals surface area contributed by atoms with E-state index in [0.29, 0.717) is 19.3 Å². The largest absolute Gasteiger partial charge is 0.472 e. The van der Waals surface area contributed by atoms with Gasteiger partial charge in [0.05, 0.1) is 26.4 Å². The highest BCUT2D eigenvalue weighted by atomic mass is 31.2. The number of unbranched alkanes of at least 4 members (excludes halogenated alkanes) is 38. The van der Waals surface area contributed by atoms with Gasteiger partial charge in [0.1, 0.15) is 25.4 Å². The summed E-state index contributed by atoms with van der Waals surface area (Å²) in [6, 6.07) is 0. The Labute approximate surface area is 689 Å². The Bertz CT molecular complexity index is 2630. The Kier molecular flexibility index (Phi) is 83.3. The number of carbonyl (C=O) groups excluding carboxylic acids is 3. The lowest BCUT2D eigenvalue weighted by Crippen LogP contribution is -2.30. The predicted molar refractivity (Wildman–Crippen MR) is 473 cm³/mol. The van der Waals surface area contributed by atoms with Gasteiger partial charge >= 0.3 is 33.6 Å². The van der Waals surface area contributed by atoms with Crippen LogP contribution in [0.3, 0.4) is 0 Å². The molecule has 0 aromatic heterocycles. The third-order valence-corrected chi connectivity index (χ3v) is 20.9. The summed E-state index contributed by atoms with van der Waals surface area (Å²) in [5, 5.41) is 20.7. The van der Waals surface area contributed by atoms with E-state index in [1.165, 1.54) is 167 Å². The second-order valence-corrected chi connectivity index (χ2v) is 32.9. The molecule has 113 heavy (non-hydrogen) atoms. The highest BCUT2D eigenvalue weighted by Gasteiger charge is 2.29. The number of rotatable bonds is 85. The van der Waals surface area contributed by atoms with Gasteiger partial charge in [0.25, 0.3) is 0 Å². The van der Waals surface area contributed by atoms with E-state index in [0.717, 1.165) is 154 Å². The summed E-state index contributed by atoms with van der Waals surface area (Å²) in [7, 11) is -9.81. The van der Waals surface area contributed by atoms with Gasteiger partial charge in [0.15, 0.2) is 6.10 Å². The van der Waals surface area contributed by atoms with Crippen LogP contribution in [-0.2, 0) is 55.8 Å². The zero-order valence-electron chi connectivity index (χ0n) is 71.5. The highest BCUT2D eigenvalue weighted by Crippen LogP contribution is 2.45. The molecular weight excluding hydrogens is 1460 g/mol. The topological polar surface area (TPSA) is 231 Å². The number of carbonyl (C=O) groups is 3. The molecular formula is C95H164O16P2. The molecule has 0 saturated carbocycles. The Morgan fingerprint density at radius 3 is 0.743 bits per heavy atom. The van der Waals surface area contributed by atoms with E-state index in [1.807, 2.05) is 0 Å². The van der Waals surface area contributed by atoms with Crippen LogP contribution in [0.2, 0.25) is 0 Å². The van der Waals surface area contributed by atoms with Gasteiger partial charge in [0, 0.05) is 19.3 Å². The first-order valence-corrected chi connectivity index (χ1v) is 48.1. The van der Waals surface area contributed by atoms with Crippen molar-refractivity contribution >= 4 is 33.6 Å². The molecule has 0 rings (SSSR count). The van der Waals surface area contributed by atoms with Crippen LogP contribution in [0.5, 0.6) is 0 Å². The average Bonchev–Trinajstić information content (AvgIpc) is 0.902. The molecule has 0 aromatic carbocycles. The second-order valence-electron chi connectivity index (χ2n) is 30.0. The lowest BCUT2D eigenvalue weighted by Gasteiger charge is -2.21. The van der Waals surface area contributed by atoms with E-state index in [-0.39, 0.29) is 19.3 Å². The van der Waals surface area contributed by atoms with Crippen molar-refractivity contribution in [2.45, 2.75) is 399 Å². The maximum Gasteiger partial charge on any atom is 0.472 e. The smallest absolute Gasteiger partial charge is 0.463 e. The molecule has 0 amide bonds. The third kappa shape index (κ3) is 88.1. The summed E-state index contributed by atoms with van der Waals surface area (Å²) in [6.07, 6.45) is 109. The Balaban J connectivity index is 4.57. The molecule has 0 saturated heterocycles. The van der Waals surface area contributed by atoms with Gasteiger partial charge in [-0.2, -0.15) is 0 Å². The fraction of sp³-hybridized carbons (Fsp3) is 0.716. The van der Waals surface area contributed by atoms with Crippen LogP contribution in [0.25, 0.3) is 0 Å². The average molecular weight is 1620 g/mol. The van der Waals surface area contributed by atoms with Gasteiger partial charge in [-0.05, 0) is 148 Å². The van der Waals surface area contributed by atoms with Gasteiger partial charge in [0.2, 0.25) is 0 Å². The van der Waals surface area contributed by atoms with E-state index in [4.69, 9.17) is 32.3 Å². The van der Waals surface area contributed by atoms with Gasteiger partial charge in [-0.25, -0.2) is 9.13 Å². The molecule has 0 aliphatic carbocycles. The molecule has 0 aliphatic heterocycles. The molecule has 0 radical (unpaired) electrons. The standard InChI is InChI=1S/C95H164O16P2/c1-4-7-10-13-16-19-22-25-28-31-34-36-38-40-42-43-44-45-47-49-50-52-55-57-60-63-66-69-72-75-78-81-93(98)105-84-90(96)85-107-112(101,102)108-86-91(97)87-109-113(103,104)110-89-92(111-95(100)83-80-77-74-71-68-65-62-59-54-33-30-27-24-21-18-15-12-9-6-3)88-106-94(99)82-79-76-73-70-67-64-61-58-56-53-51-48-46-41-39-37-35-32-29-26-23-20-17-14-11-8-5-2/h9,12,16-21,25-30,34-37,40-42,46,54,59,90-92,96-97H,4-8,10-11,13-15,22-24,31-33,38-39,43-45,47-53,55-58,60-89H2,1-3H3,(H,101,102)(H,103,104)/b12-9-,19-16-,20-17-,21-18-,28-25-,29-26-,30-27-,36-34-,37-35-,42-40-,46-41-,59-54-. The van der Waals surface area contributed by atoms with Crippen LogP contribution in [0.4, 0.5) is 0 Å². The van der Waals surface area contributed by atoms with Crippen LogP contribution < -0.4 is 0 Å². The van der Waals surface area contributed by atoms with E-state index < -0.39 is 91.5 Å². The molecule has 5 unspecified atom stereocenters. The van der Waals surface area contributed by atoms with E-state index in [1.54, 1.807) is 0 Å².